The quantitative estimate of drug-likeness (QED) is 0.295. The van der Waals surface area contributed by atoms with E-state index in [9.17, 15) is 0 Å². The summed E-state index contributed by atoms with van der Waals surface area (Å²) in [6, 6.07) is 4.45. The smallest absolute Gasteiger partial charge is 0.109 e. The second-order valence-corrected chi connectivity index (χ2v) is 10.3. The Balaban J connectivity index is 1.94. The van der Waals surface area contributed by atoms with Crippen LogP contribution in [-0.4, -0.2) is 9.97 Å². The molecule has 0 bridgehead atoms. The topological polar surface area (TPSA) is 25.8 Å². The Labute approximate surface area is 178 Å². The van der Waals surface area contributed by atoms with Gasteiger partial charge < -0.3 is 0 Å². The summed E-state index contributed by atoms with van der Waals surface area (Å²) < 4.78 is 0. The average molecular weight is 415 g/mol. The standard InChI is InChI=1S/C24H34N2S2/c1-5-7-9-11-13-19-20(14-12-10-8-6-2)26-23-22(25-19)18(4)28-24(23)21-16-15-17(3)27-21/h15-16H,5-14H2,1-4H3. The number of hydrogen-bond donors (Lipinski definition) is 0. The van der Waals surface area contributed by atoms with Gasteiger partial charge in [0.1, 0.15) is 11.0 Å². The van der Waals surface area contributed by atoms with Gasteiger partial charge in [-0.25, -0.2) is 9.97 Å². The van der Waals surface area contributed by atoms with Crippen molar-refractivity contribution in [1.82, 2.24) is 9.97 Å². The van der Waals surface area contributed by atoms with Gasteiger partial charge in [0.2, 0.25) is 0 Å². The molecule has 2 nitrogen and oxygen atoms in total. The lowest BCUT2D eigenvalue weighted by Gasteiger charge is -2.09. The molecule has 0 spiro atoms. The highest BCUT2D eigenvalue weighted by atomic mass is 32.1. The van der Waals surface area contributed by atoms with Crippen molar-refractivity contribution in [3.05, 3.63) is 33.3 Å². The summed E-state index contributed by atoms with van der Waals surface area (Å²) in [6.45, 7) is 8.92. The van der Waals surface area contributed by atoms with Gasteiger partial charge in [-0.3, -0.25) is 0 Å². The third-order valence-electron chi connectivity index (χ3n) is 5.35. The molecule has 4 heteroatoms. The van der Waals surface area contributed by atoms with E-state index in [0.717, 1.165) is 23.9 Å². The average Bonchev–Trinajstić information content (AvgIpc) is 3.25. The molecule has 0 amide bonds. The first kappa shape index (κ1) is 21.4. The van der Waals surface area contributed by atoms with Crippen LogP contribution in [0.5, 0.6) is 0 Å². The van der Waals surface area contributed by atoms with Gasteiger partial charge in [0, 0.05) is 14.6 Å². The van der Waals surface area contributed by atoms with Gasteiger partial charge in [-0.15, -0.1) is 22.7 Å². The molecule has 0 saturated carbocycles. The van der Waals surface area contributed by atoms with Crippen LogP contribution in [0.1, 0.15) is 86.4 Å². The molecule has 0 aromatic carbocycles. The summed E-state index contributed by atoms with van der Waals surface area (Å²) in [7, 11) is 0. The molecule has 0 N–H and O–H groups in total. The van der Waals surface area contributed by atoms with E-state index in [-0.39, 0.29) is 0 Å². The summed E-state index contributed by atoms with van der Waals surface area (Å²) in [4.78, 5) is 15.7. The van der Waals surface area contributed by atoms with Crippen LogP contribution in [0.25, 0.3) is 20.8 Å². The van der Waals surface area contributed by atoms with Gasteiger partial charge in [-0.05, 0) is 51.7 Å². The summed E-state index contributed by atoms with van der Waals surface area (Å²) in [6.07, 6.45) is 12.4. The van der Waals surface area contributed by atoms with Crippen molar-refractivity contribution in [2.75, 3.05) is 0 Å². The molecule has 0 aliphatic carbocycles. The van der Waals surface area contributed by atoms with Crippen LogP contribution in [0.2, 0.25) is 0 Å². The molecule has 3 rings (SSSR count). The lowest BCUT2D eigenvalue weighted by molar-refractivity contribution is 0.639. The first-order valence-corrected chi connectivity index (χ1v) is 12.6. The number of hydrogen-bond acceptors (Lipinski definition) is 4. The fourth-order valence-electron chi connectivity index (χ4n) is 3.72. The second kappa shape index (κ2) is 10.5. The molecule has 0 atom stereocenters. The number of fused-ring (bicyclic) bond motifs is 1. The van der Waals surface area contributed by atoms with Crippen LogP contribution in [0.3, 0.4) is 0 Å². The molecular weight excluding hydrogens is 380 g/mol. The Morgan fingerprint density at radius 1 is 0.714 bits per heavy atom. The minimum absolute atomic E-state index is 1.07. The van der Waals surface area contributed by atoms with E-state index in [1.807, 2.05) is 22.7 Å². The number of thiophene rings is 2. The van der Waals surface area contributed by atoms with Crippen molar-refractivity contribution in [3.8, 4) is 9.75 Å². The molecular formula is C24H34N2S2. The highest BCUT2D eigenvalue weighted by Crippen LogP contribution is 2.40. The minimum atomic E-state index is 1.07. The Kier molecular flexibility index (Phi) is 8.04. The summed E-state index contributed by atoms with van der Waals surface area (Å²) in [5.74, 6) is 0. The fourth-order valence-corrected chi connectivity index (χ4v) is 5.73. The Morgan fingerprint density at radius 3 is 1.86 bits per heavy atom. The van der Waals surface area contributed by atoms with Crippen LogP contribution in [0.4, 0.5) is 0 Å². The normalized spacial score (nSPS) is 11.6. The van der Waals surface area contributed by atoms with E-state index in [1.165, 1.54) is 82.3 Å². The highest BCUT2D eigenvalue weighted by Gasteiger charge is 2.18. The molecule has 28 heavy (non-hydrogen) atoms. The van der Waals surface area contributed by atoms with Crippen LogP contribution in [0, 0.1) is 13.8 Å². The molecule has 0 saturated heterocycles. The maximum atomic E-state index is 5.23. The molecule has 0 unspecified atom stereocenters. The third-order valence-corrected chi connectivity index (χ3v) is 7.62. The predicted molar refractivity (Wildman–Crippen MR) is 126 cm³/mol. The lowest BCUT2D eigenvalue weighted by atomic mass is 10.0. The van der Waals surface area contributed by atoms with Gasteiger partial charge >= 0.3 is 0 Å². The third kappa shape index (κ3) is 5.21. The summed E-state index contributed by atoms with van der Waals surface area (Å²) in [5, 5.41) is 0. The summed E-state index contributed by atoms with van der Waals surface area (Å²) in [5.41, 5.74) is 4.78. The van der Waals surface area contributed by atoms with Crippen molar-refractivity contribution >= 4 is 33.7 Å². The number of aromatic nitrogens is 2. The van der Waals surface area contributed by atoms with Crippen molar-refractivity contribution in [3.63, 3.8) is 0 Å². The number of unbranched alkanes of at least 4 members (excludes halogenated alkanes) is 6. The van der Waals surface area contributed by atoms with Crippen LogP contribution in [-0.2, 0) is 12.8 Å². The maximum absolute atomic E-state index is 5.23. The zero-order chi connectivity index (χ0) is 19.9. The molecule has 3 aromatic heterocycles. The monoisotopic (exact) mass is 414 g/mol. The minimum Gasteiger partial charge on any atom is -0.248 e. The molecule has 0 aliphatic rings. The number of nitrogens with zero attached hydrogens (tertiary/aromatic N) is 2. The van der Waals surface area contributed by atoms with Gasteiger partial charge in [-0.1, -0.05) is 52.4 Å². The number of aryl methyl sites for hydroxylation is 4. The van der Waals surface area contributed by atoms with E-state index in [1.54, 1.807) is 0 Å². The number of rotatable bonds is 11. The highest BCUT2D eigenvalue weighted by molar-refractivity contribution is 7.23. The fraction of sp³-hybridized carbons (Fsp3) is 0.583. The van der Waals surface area contributed by atoms with E-state index in [4.69, 9.17) is 9.97 Å². The molecule has 3 heterocycles. The van der Waals surface area contributed by atoms with Gasteiger partial charge in [0.15, 0.2) is 0 Å². The van der Waals surface area contributed by atoms with Crippen molar-refractivity contribution in [1.29, 1.82) is 0 Å². The van der Waals surface area contributed by atoms with E-state index in [2.05, 4.69) is 39.8 Å². The second-order valence-electron chi connectivity index (χ2n) is 7.83. The molecule has 152 valence electrons. The van der Waals surface area contributed by atoms with E-state index >= 15 is 0 Å². The molecule has 0 fully saturated rings. The Bertz CT molecular complexity index is 892. The Morgan fingerprint density at radius 2 is 1.32 bits per heavy atom. The van der Waals surface area contributed by atoms with Gasteiger partial charge in [-0.2, -0.15) is 0 Å². The lowest BCUT2D eigenvalue weighted by Crippen LogP contribution is -2.03. The molecule has 0 radical (unpaired) electrons. The van der Waals surface area contributed by atoms with Gasteiger partial charge in [0.25, 0.3) is 0 Å². The predicted octanol–water partition coefficient (Wildman–Crippen LogP) is 8.28. The van der Waals surface area contributed by atoms with Crippen LogP contribution >= 0.6 is 22.7 Å². The zero-order valence-electron chi connectivity index (χ0n) is 17.9. The zero-order valence-corrected chi connectivity index (χ0v) is 19.6. The van der Waals surface area contributed by atoms with Gasteiger partial charge in [0.05, 0.1) is 16.3 Å². The molecule has 3 aromatic rings. The van der Waals surface area contributed by atoms with Crippen molar-refractivity contribution in [2.24, 2.45) is 0 Å². The largest absolute Gasteiger partial charge is 0.248 e. The first-order chi connectivity index (χ1) is 13.6. The first-order valence-electron chi connectivity index (χ1n) is 11.0. The maximum Gasteiger partial charge on any atom is 0.109 e. The molecule has 0 aliphatic heterocycles. The van der Waals surface area contributed by atoms with E-state index in [0.29, 0.717) is 0 Å². The van der Waals surface area contributed by atoms with Crippen molar-refractivity contribution < 1.29 is 0 Å². The van der Waals surface area contributed by atoms with Crippen LogP contribution in [0.15, 0.2) is 12.1 Å². The summed E-state index contributed by atoms with van der Waals surface area (Å²) >= 11 is 3.73. The van der Waals surface area contributed by atoms with E-state index < -0.39 is 0 Å². The van der Waals surface area contributed by atoms with Crippen molar-refractivity contribution in [2.45, 2.75) is 91.9 Å². The SMILES string of the molecule is CCCCCCc1nc2c(C)sc(-c3ccc(C)s3)c2nc1CCCCCC. The van der Waals surface area contributed by atoms with Crippen LogP contribution < -0.4 is 0 Å². The Hall–Kier alpha value is -1.26.